The number of hydrogen-bond donors (Lipinski definition) is 1. The predicted molar refractivity (Wildman–Crippen MR) is 263 cm³/mol. The highest BCUT2D eigenvalue weighted by atomic mass is 15.0. The van der Waals surface area contributed by atoms with Gasteiger partial charge in [-0.25, -0.2) is 19.9 Å². The number of allylic oxidation sites excluding steroid dienone is 3. The maximum Gasteiger partial charge on any atom is 0.164 e. The van der Waals surface area contributed by atoms with Gasteiger partial charge in [-0.15, -0.1) is 0 Å². The molecular formula is C58H46N6. The van der Waals surface area contributed by atoms with Gasteiger partial charge in [0.25, 0.3) is 0 Å². The van der Waals surface area contributed by atoms with Gasteiger partial charge in [-0.05, 0) is 104 Å². The van der Waals surface area contributed by atoms with Gasteiger partial charge in [0, 0.05) is 62.1 Å². The maximum atomic E-state index is 5.42. The lowest BCUT2D eigenvalue weighted by Gasteiger charge is -2.22. The molecule has 0 saturated heterocycles. The largest absolute Gasteiger partial charge is 0.382 e. The zero-order chi connectivity index (χ0) is 43.6. The van der Waals surface area contributed by atoms with Crippen molar-refractivity contribution in [2.45, 2.75) is 33.7 Å². The minimum Gasteiger partial charge on any atom is -0.382 e. The molecule has 0 saturated carbocycles. The van der Waals surface area contributed by atoms with Crippen molar-refractivity contribution in [1.82, 2.24) is 30.2 Å². The first-order valence-electron chi connectivity index (χ1n) is 21.7. The van der Waals surface area contributed by atoms with Gasteiger partial charge in [-0.2, -0.15) is 0 Å². The van der Waals surface area contributed by atoms with Crippen LogP contribution < -0.4 is 5.32 Å². The Morgan fingerprint density at radius 2 is 0.891 bits per heavy atom. The zero-order valence-electron chi connectivity index (χ0n) is 36.3. The molecule has 0 radical (unpaired) electrons. The minimum atomic E-state index is 0.266. The highest BCUT2D eigenvalue weighted by Gasteiger charge is 2.19. The molecule has 4 heterocycles. The topological polar surface area (TPSA) is 76.5 Å². The lowest BCUT2D eigenvalue weighted by molar-refractivity contribution is 0.722. The van der Waals surface area contributed by atoms with E-state index in [-0.39, 0.29) is 6.04 Å². The van der Waals surface area contributed by atoms with E-state index in [2.05, 4.69) is 154 Å². The highest BCUT2D eigenvalue weighted by molar-refractivity contribution is 5.89. The number of nitrogens with zero attached hydrogens (tertiary/aromatic N) is 5. The van der Waals surface area contributed by atoms with Crippen LogP contribution in [0.25, 0.3) is 95.6 Å². The first-order chi connectivity index (χ1) is 31.3. The normalized spacial score (nSPS) is 13.5. The number of benzene rings is 6. The van der Waals surface area contributed by atoms with Crippen molar-refractivity contribution in [3.63, 3.8) is 0 Å². The van der Waals surface area contributed by atoms with Crippen LogP contribution in [0.3, 0.4) is 0 Å². The lowest BCUT2D eigenvalue weighted by Crippen LogP contribution is -2.25. The van der Waals surface area contributed by atoms with Gasteiger partial charge in [0.2, 0.25) is 0 Å². The van der Waals surface area contributed by atoms with E-state index in [1.165, 1.54) is 5.57 Å². The molecule has 1 atom stereocenters. The lowest BCUT2D eigenvalue weighted by atomic mass is 9.89. The van der Waals surface area contributed by atoms with Crippen LogP contribution in [0.1, 0.15) is 30.8 Å². The fourth-order valence-electron chi connectivity index (χ4n) is 8.56. The average Bonchev–Trinajstić information content (AvgIpc) is 3.34. The number of pyridine rings is 2. The maximum absolute atomic E-state index is 5.42. The van der Waals surface area contributed by atoms with Crippen LogP contribution in [0, 0.1) is 13.8 Å². The number of rotatable bonds is 9. The van der Waals surface area contributed by atoms with Gasteiger partial charge >= 0.3 is 0 Å². The van der Waals surface area contributed by atoms with Gasteiger partial charge in [-0.1, -0.05) is 152 Å². The fraction of sp³-hybridized carbons (Fsp3) is 0.0862. The van der Waals surface area contributed by atoms with E-state index in [0.717, 1.165) is 95.2 Å². The van der Waals surface area contributed by atoms with Gasteiger partial charge < -0.3 is 5.32 Å². The number of dihydropyridines is 1. The summed E-state index contributed by atoms with van der Waals surface area (Å²) in [6, 6.07) is 63.5. The van der Waals surface area contributed by atoms with Crippen LogP contribution in [0.15, 0.2) is 200 Å². The Morgan fingerprint density at radius 1 is 0.375 bits per heavy atom. The Bertz CT molecular complexity index is 3170. The van der Waals surface area contributed by atoms with E-state index in [1.807, 2.05) is 73.7 Å². The molecule has 10 rings (SSSR count). The molecular weight excluding hydrogens is 781 g/mol. The fourth-order valence-corrected chi connectivity index (χ4v) is 8.56. The van der Waals surface area contributed by atoms with E-state index in [1.54, 1.807) is 0 Å². The Hall–Kier alpha value is -8.09. The molecule has 0 amide bonds. The van der Waals surface area contributed by atoms with E-state index in [0.29, 0.717) is 17.5 Å². The van der Waals surface area contributed by atoms with E-state index in [4.69, 9.17) is 24.9 Å². The van der Waals surface area contributed by atoms with Gasteiger partial charge in [0.1, 0.15) is 0 Å². The number of nitrogens with one attached hydrogen (secondary N) is 1. The standard InChI is InChI=1S/C58H46N6/c1-37-27-29-50(39(3)59-37)48-32-46(33-49(34-48)51-30-28-38(2)60-40(51)4)47-35-54(41-17-8-5-9-18-41)61-55(36-47)53-26-15-14-25-52(53)44-23-16-24-45(31-44)58-63-56(42-19-10-6-11-20-42)62-57(64-58)43-21-12-7-13-22-43/h5-37,59H,1-4H3. The summed E-state index contributed by atoms with van der Waals surface area (Å²) >= 11 is 0. The first kappa shape index (κ1) is 40.0. The van der Waals surface area contributed by atoms with E-state index >= 15 is 0 Å². The van der Waals surface area contributed by atoms with Crippen molar-refractivity contribution in [2.75, 3.05) is 0 Å². The van der Waals surface area contributed by atoms with Gasteiger partial charge in [0.05, 0.1) is 11.4 Å². The van der Waals surface area contributed by atoms with Crippen molar-refractivity contribution in [3.8, 4) is 90.1 Å². The molecule has 6 aromatic carbocycles. The molecule has 1 unspecified atom stereocenters. The molecule has 0 aliphatic carbocycles. The monoisotopic (exact) mass is 826 g/mol. The summed E-state index contributed by atoms with van der Waals surface area (Å²) < 4.78 is 0. The van der Waals surface area contributed by atoms with Crippen molar-refractivity contribution in [3.05, 3.63) is 217 Å². The molecule has 6 nitrogen and oxygen atoms in total. The molecule has 64 heavy (non-hydrogen) atoms. The quantitative estimate of drug-likeness (QED) is 0.156. The van der Waals surface area contributed by atoms with Crippen LogP contribution >= 0.6 is 0 Å². The molecule has 3 aromatic heterocycles. The summed E-state index contributed by atoms with van der Waals surface area (Å²) in [5.74, 6) is 1.86. The summed E-state index contributed by atoms with van der Waals surface area (Å²) in [7, 11) is 0. The molecule has 9 aromatic rings. The molecule has 6 heteroatoms. The average molecular weight is 827 g/mol. The second-order valence-corrected chi connectivity index (χ2v) is 16.4. The third-order valence-electron chi connectivity index (χ3n) is 11.7. The Kier molecular flexibility index (Phi) is 10.8. The molecule has 0 spiro atoms. The summed E-state index contributed by atoms with van der Waals surface area (Å²) in [6.07, 6.45) is 4.47. The Labute approximate surface area is 374 Å². The molecule has 1 aliphatic heterocycles. The molecule has 0 bridgehead atoms. The zero-order valence-corrected chi connectivity index (χ0v) is 36.3. The summed E-state index contributed by atoms with van der Waals surface area (Å²) in [4.78, 5) is 25.3. The van der Waals surface area contributed by atoms with Crippen LogP contribution in [0.5, 0.6) is 0 Å². The van der Waals surface area contributed by atoms with Crippen molar-refractivity contribution in [2.24, 2.45) is 0 Å². The van der Waals surface area contributed by atoms with E-state index < -0.39 is 0 Å². The Balaban J connectivity index is 1.13. The number of aromatic nitrogens is 5. The SMILES string of the molecule is CC1=C(c2cc(-c3cc(-c4ccccc4)nc(-c4ccccc4-c4cccc(-c5nc(-c6ccccc6)nc(-c6ccccc6)n5)c4)c3)cc(-c3ccc(C)nc3C)c2)C=CC(C)N1. The second-order valence-electron chi connectivity index (χ2n) is 16.4. The van der Waals surface area contributed by atoms with Crippen LogP contribution in [0.4, 0.5) is 0 Å². The second kappa shape index (κ2) is 17.3. The minimum absolute atomic E-state index is 0.266. The summed E-state index contributed by atoms with van der Waals surface area (Å²) in [6.45, 7) is 8.47. The van der Waals surface area contributed by atoms with Crippen LogP contribution in [0.2, 0.25) is 0 Å². The van der Waals surface area contributed by atoms with E-state index in [9.17, 15) is 0 Å². The number of hydrogen-bond acceptors (Lipinski definition) is 6. The highest BCUT2D eigenvalue weighted by Crippen LogP contribution is 2.39. The Morgan fingerprint density at radius 3 is 1.55 bits per heavy atom. The van der Waals surface area contributed by atoms with Gasteiger partial charge in [-0.3, -0.25) is 4.98 Å². The molecule has 1 N–H and O–H groups in total. The predicted octanol–water partition coefficient (Wildman–Crippen LogP) is 13.9. The van der Waals surface area contributed by atoms with Crippen molar-refractivity contribution in [1.29, 1.82) is 0 Å². The van der Waals surface area contributed by atoms with Crippen molar-refractivity contribution < 1.29 is 0 Å². The molecule has 308 valence electrons. The van der Waals surface area contributed by atoms with Gasteiger partial charge in [0.15, 0.2) is 17.5 Å². The summed E-state index contributed by atoms with van der Waals surface area (Å²) in [5, 5.41) is 3.64. The first-order valence-corrected chi connectivity index (χ1v) is 21.7. The third-order valence-corrected chi connectivity index (χ3v) is 11.7. The molecule has 0 fully saturated rings. The third kappa shape index (κ3) is 8.29. The summed E-state index contributed by atoms with van der Waals surface area (Å²) in [5.41, 5.74) is 18.5. The van der Waals surface area contributed by atoms with Crippen LogP contribution in [-0.2, 0) is 0 Å². The van der Waals surface area contributed by atoms with Crippen LogP contribution in [-0.4, -0.2) is 31.0 Å². The molecule has 1 aliphatic rings. The number of aryl methyl sites for hydroxylation is 2. The smallest absolute Gasteiger partial charge is 0.164 e. The van der Waals surface area contributed by atoms with Crippen molar-refractivity contribution >= 4 is 5.57 Å².